The normalized spacial score (nSPS) is 22.9. The van der Waals surface area contributed by atoms with Gasteiger partial charge in [0, 0.05) is 51.0 Å². The van der Waals surface area contributed by atoms with E-state index in [1.54, 1.807) is 0 Å². The standard InChI is InChI=1S/C32H45N3O6/c1-23(38)33-16-4-2-3-7-31(39)34-19-24-8-14-27(15-9-24)32-40-29(20-35-17-5-6-28(35)22-37)18-30(41-32)26-12-10-25(21-36)11-13-26/h8-15,28-30,32,36-37H,2-7,16-22H2,1H3,(H,33,38)(H,34,39). The molecule has 4 rings (SSSR count). The van der Waals surface area contributed by atoms with Crippen LogP contribution >= 0.6 is 0 Å². The fourth-order valence-electron chi connectivity index (χ4n) is 5.57. The molecule has 4 N–H and O–H groups in total. The van der Waals surface area contributed by atoms with Crippen molar-refractivity contribution in [2.45, 2.75) is 89.6 Å². The Labute approximate surface area is 243 Å². The molecule has 2 saturated heterocycles. The molecule has 0 spiro atoms. The first-order valence-electron chi connectivity index (χ1n) is 14.9. The van der Waals surface area contributed by atoms with Crippen molar-refractivity contribution in [2.24, 2.45) is 0 Å². The van der Waals surface area contributed by atoms with Crippen molar-refractivity contribution in [3.8, 4) is 0 Å². The second-order valence-electron chi connectivity index (χ2n) is 11.1. The van der Waals surface area contributed by atoms with E-state index < -0.39 is 6.29 Å². The fraction of sp³-hybridized carbons (Fsp3) is 0.562. The van der Waals surface area contributed by atoms with E-state index in [2.05, 4.69) is 15.5 Å². The predicted octanol–water partition coefficient (Wildman–Crippen LogP) is 3.49. The number of nitrogens with one attached hydrogen (secondary N) is 2. The molecular formula is C32H45N3O6. The van der Waals surface area contributed by atoms with Gasteiger partial charge in [0.05, 0.1) is 25.4 Å². The first-order valence-corrected chi connectivity index (χ1v) is 14.9. The molecule has 4 unspecified atom stereocenters. The number of benzene rings is 2. The van der Waals surface area contributed by atoms with Gasteiger partial charge in [0.1, 0.15) is 0 Å². The summed E-state index contributed by atoms with van der Waals surface area (Å²) in [5.74, 6) is -0.00430. The van der Waals surface area contributed by atoms with E-state index >= 15 is 0 Å². The Morgan fingerprint density at radius 3 is 2.37 bits per heavy atom. The van der Waals surface area contributed by atoms with Crippen LogP contribution in [0.2, 0.25) is 0 Å². The van der Waals surface area contributed by atoms with Gasteiger partial charge in [0.2, 0.25) is 11.8 Å². The highest BCUT2D eigenvalue weighted by Gasteiger charge is 2.35. The molecule has 2 aromatic carbocycles. The SMILES string of the molecule is CC(=O)NCCCCCC(=O)NCc1ccc(C2OC(CN3CCCC3CO)CC(c3ccc(CO)cc3)O2)cc1. The maximum absolute atomic E-state index is 12.3. The highest BCUT2D eigenvalue weighted by molar-refractivity contribution is 5.75. The molecule has 224 valence electrons. The summed E-state index contributed by atoms with van der Waals surface area (Å²) in [5.41, 5.74) is 3.83. The first-order chi connectivity index (χ1) is 19.9. The zero-order valence-electron chi connectivity index (χ0n) is 24.1. The smallest absolute Gasteiger partial charge is 0.220 e. The Morgan fingerprint density at radius 2 is 1.66 bits per heavy atom. The molecule has 0 bridgehead atoms. The summed E-state index contributed by atoms with van der Waals surface area (Å²) in [6, 6.07) is 16.0. The summed E-state index contributed by atoms with van der Waals surface area (Å²) >= 11 is 0. The third kappa shape index (κ3) is 9.61. The van der Waals surface area contributed by atoms with E-state index in [1.165, 1.54) is 6.92 Å². The molecule has 2 aliphatic heterocycles. The van der Waals surface area contributed by atoms with Gasteiger partial charge in [-0.1, -0.05) is 55.0 Å². The number of nitrogens with zero attached hydrogens (tertiary/aromatic N) is 1. The van der Waals surface area contributed by atoms with Crippen LogP contribution in [0.1, 0.15) is 86.5 Å². The average Bonchev–Trinajstić information content (AvgIpc) is 3.44. The number of carbonyl (C=O) groups excluding carboxylic acids is 2. The highest BCUT2D eigenvalue weighted by Crippen LogP contribution is 2.38. The van der Waals surface area contributed by atoms with Crippen LogP contribution in [0, 0.1) is 0 Å². The molecule has 0 radical (unpaired) electrons. The summed E-state index contributed by atoms with van der Waals surface area (Å²) < 4.78 is 12.9. The van der Waals surface area contributed by atoms with E-state index in [0.29, 0.717) is 25.9 Å². The summed E-state index contributed by atoms with van der Waals surface area (Å²) in [6.45, 7) is 4.48. The third-order valence-corrected chi connectivity index (χ3v) is 7.96. The van der Waals surface area contributed by atoms with E-state index in [0.717, 1.165) is 67.4 Å². The Morgan fingerprint density at radius 1 is 0.927 bits per heavy atom. The summed E-state index contributed by atoms with van der Waals surface area (Å²) in [6.07, 6.45) is 5.09. The molecule has 2 aromatic rings. The Kier molecular flexibility index (Phi) is 12.1. The number of aliphatic hydroxyl groups excluding tert-OH is 2. The van der Waals surface area contributed by atoms with Crippen LogP contribution in [0.25, 0.3) is 0 Å². The van der Waals surface area contributed by atoms with Crippen molar-refractivity contribution in [3.63, 3.8) is 0 Å². The summed E-state index contributed by atoms with van der Waals surface area (Å²) in [5, 5.41) is 25.0. The molecule has 4 atom stereocenters. The Balaban J connectivity index is 1.33. The minimum atomic E-state index is -0.535. The van der Waals surface area contributed by atoms with Crippen molar-refractivity contribution in [2.75, 3.05) is 26.2 Å². The second kappa shape index (κ2) is 16.0. The minimum absolute atomic E-state index is 0.00438. The maximum Gasteiger partial charge on any atom is 0.220 e. The maximum atomic E-state index is 12.3. The van der Waals surface area contributed by atoms with E-state index in [9.17, 15) is 19.8 Å². The van der Waals surface area contributed by atoms with E-state index in [4.69, 9.17) is 9.47 Å². The molecule has 0 aliphatic carbocycles. The number of carbonyl (C=O) groups is 2. The van der Waals surface area contributed by atoms with Crippen molar-refractivity contribution >= 4 is 11.8 Å². The number of rotatable bonds is 14. The molecule has 2 amide bonds. The van der Waals surface area contributed by atoms with Crippen molar-refractivity contribution in [3.05, 3.63) is 70.8 Å². The van der Waals surface area contributed by atoms with E-state index in [-0.39, 0.29) is 43.3 Å². The molecule has 2 heterocycles. The number of aliphatic hydroxyl groups is 2. The van der Waals surface area contributed by atoms with Gasteiger partial charge in [0.15, 0.2) is 6.29 Å². The average molecular weight is 568 g/mol. The first kappa shape index (κ1) is 31.1. The zero-order chi connectivity index (χ0) is 29.0. The molecule has 9 nitrogen and oxygen atoms in total. The topological polar surface area (TPSA) is 120 Å². The predicted molar refractivity (Wildman–Crippen MR) is 156 cm³/mol. The van der Waals surface area contributed by atoms with Gasteiger partial charge in [-0.2, -0.15) is 0 Å². The Bertz CT molecular complexity index is 1090. The minimum Gasteiger partial charge on any atom is -0.395 e. The van der Waals surface area contributed by atoms with Gasteiger partial charge >= 0.3 is 0 Å². The number of hydrogen-bond acceptors (Lipinski definition) is 7. The lowest BCUT2D eigenvalue weighted by molar-refractivity contribution is -0.253. The van der Waals surface area contributed by atoms with Crippen LogP contribution in [0.15, 0.2) is 48.5 Å². The molecule has 0 saturated carbocycles. The summed E-state index contributed by atoms with van der Waals surface area (Å²) in [4.78, 5) is 25.5. The number of unbranched alkanes of at least 4 members (excludes halogenated alkanes) is 2. The molecule has 9 heteroatoms. The van der Waals surface area contributed by atoms with Gasteiger partial charge in [-0.05, 0) is 48.9 Å². The molecular weight excluding hydrogens is 522 g/mol. The lowest BCUT2D eigenvalue weighted by atomic mass is 9.99. The lowest BCUT2D eigenvalue weighted by Crippen LogP contribution is -2.42. The van der Waals surface area contributed by atoms with Gasteiger partial charge in [-0.15, -0.1) is 0 Å². The molecule has 0 aromatic heterocycles. The largest absolute Gasteiger partial charge is 0.395 e. The highest BCUT2D eigenvalue weighted by atomic mass is 16.7. The van der Waals surface area contributed by atoms with Gasteiger partial charge in [-0.25, -0.2) is 0 Å². The Hall–Kier alpha value is -2.82. The monoisotopic (exact) mass is 567 g/mol. The number of hydrogen-bond donors (Lipinski definition) is 4. The molecule has 2 aliphatic rings. The lowest BCUT2D eigenvalue weighted by Gasteiger charge is -2.38. The fourth-order valence-corrected chi connectivity index (χ4v) is 5.57. The van der Waals surface area contributed by atoms with E-state index in [1.807, 2.05) is 48.5 Å². The second-order valence-corrected chi connectivity index (χ2v) is 11.1. The van der Waals surface area contributed by atoms with Crippen LogP contribution in [0.3, 0.4) is 0 Å². The van der Waals surface area contributed by atoms with Crippen LogP contribution in [-0.2, 0) is 32.2 Å². The van der Waals surface area contributed by atoms with Crippen molar-refractivity contribution in [1.82, 2.24) is 15.5 Å². The third-order valence-electron chi connectivity index (χ3n) is 7.96. The summed E-state index contributed by atoms with van der Waals surface area (Å²) in [7, 11) is 0. The van der Waals surface area contributed by atoms with Gasteiger partial charge < -0.3 is 30.3 Å². The van der Waals surface area contributed by atoms with Crippen molar-refractivity contribution in [1.29, 1.82) is 0 Å². The quantitative estimate of drug-likeness (QED) is 0.258. The number of likely N-dealkylation sites (tertiary alicyclic amines) is 1. The van der Waals surface area contributed by atoms with Crippen LogP contribution < -0.4 is 10.6 Å². The number of amides is 2. The van der Waals surface area contributed by atoms with Gasteiger partial charge in [-0.3, -0.25) is 14.5 Å². The van der Waals surface area contributed by atoms with Crippen molar-refractivity contribution < 1.29 is 29.3 Å². The molecule has 2 fully saturated rings. The zero-order valence-corrected chi connectivity index (χ0v) is 24.1. The number of ether oxygens (including phenoxy) is 2. The van der Waals surface area contributed by atoms with Gasteiger partial charge in [0.25, 0.3) is 0 Å². The van der Waals surface area contributed by atoms with Crippen LogP contribution in [0.5, 0.6) is 0 Å². The molecule has 41 heavy (non-hydrogen) atoms. The van der Waals surface area contributed by atoms with Crippen LogP contribution in [-0.4, -0.2) is 65.3 Å². The van der Waals surface area contributed by atoms with Crippen LogP contribution in [0.4, 0.5) is 0 Å².